The summed E-state index contributed by atoms with van der Waals surface area (Å²) in [6.45, 7) is 4.38. The van der Waals surface area contributed by atoms with Crippen LogP contribution >= 0.6 is 0 Å². The predicted octanol–water partition coefficient (Wildman–Crippen LogP) is 2.58. The van der Waals surface area contributed by atoms with Crippen molar-refractivity contribution < 1.29 is 9.47 Å². The van der Waals surface area contributed by atoms with Crippen molar-refractivity contribution in [2.24, 2.45) is 5.73 Å². The lowest BCUT2D eigenvalue weighted by Crippen LogP contribution is -2.46. The maximum atomic E-state index is 6.41. The van der Waals surface area contributed by atoms with Crippen LogP contribution in [0.15, 0.2) is 18.2 Å². The standard InChI is InChI=1S/C16H26N2O2/c1-4-10-18-11-6-8-13(17)15(18)12-7-5-9-14(19-2)16(12)20-3/h5,7,9,13,15H,4,6,8,10-11,17H2,1-3H3. The Morgan fingerprint density at radius 2 is 2.10 bits per heavy atom. The van der Waals surface area contributed by atoms with Crippen LogP contribution in [0.2, 0.25) is 0 Å². The van der Waals surface area contributed by atoms with Crippen molar-refractivity contribution in [3.05, 3.63) is 23.8 Å². The Labute approximate surface area is 121 Å². The highest BCUT2D eigenvalue weighted by molar-refractivity contribution is 5.48. The number of benzene rings is 1. The Hall–Kier alpha value is -1.26. The summed E-state index contributed by atoms with van der Waals surface area (Å²) in [5, 5.41) is 0. The fourth-order valence-corrected chi connectivity index (χ4v) is 3.21. The first-order valence-corrected chi connectivity index (χ1v) is 7.43. The van der Waals surface area contributed by atoms with Crippen LogP contribution in [0.25, 0.3) is 0 Å². The van der Waals surface area contributed by atoms with E-state index in [0.717, 1.165) is 43.0 Å². The van der Waals surface area contributed by atoms with E-state index < -0.39 is 0 Å². The molecule has 20 heavy (non-hydrogen) atoms. The fraction of sp³-hybridized carbons (Fsp3) is 0.625. The van der Waals surface area contributed by atoms with Crippen molar-refractivity contribution in [2.45, 2.75) is 38.3 Å². The van der Waals surface area contributed by atoms with Gasteiger partial charge in [0, 0.05) is 11.6 Å². The zero-order valence-electron chi connectivity index (χ0n) is 12.8. The van der Waals surface area contributed by atoms with E-state index in [2.05, 4.69) is 17.9 Å². The number of likely N-dealkylation sites (tertiary alicyclic amines) is 1. The van der Waals surface area contributed by atoms with Gasteiger partial charge in [0.1, 0.15) is 0 Å². The molecule has 0 aliphatic carbocycles. The SMILES string of the molecule is CCCN1CCCC(N)C1c1cccc(OC)c1OC. The molecule has 112 valence electrons. The first-order chi connectivity index (χ1) is 9.72. The molecule has 0 aromatic heterocycles. The summed E-state index contributed by atoms with van der Waals surface area (Å²) in [7, 11) is 3.37. The number of rotatable bonds is 5. The average Bonchev–Trinajstić information content (AvgIpc) is 2.47. The Bertz CT molecular complexity index is 434. The number of piperidine rings is 1. The second-order valence-corrected chi connectivity index (χ2v) is 5.37. The third kappa shape index (κ3) is 2.91. The normalized spacial score (nSPS) is 23.6. The van der Waals surface area contributed by atoms with Crippen molar-refractivity contribution in [2.75, 3.05) is 27.3 Å². The average molecular weight is 278 g/mol. The Morgan fingerprint density at radius 1 is 1.30 bits per heavy atom. The molecule has 1 aliphatic rings. The van der Waals surface area contributed by atoms with E-state index in [1.54, 1.807) is 14.2 Å². The molecule has 1 fully saturated rings. The fourth-order valence-electron chi connectivity index (χ4n) is 3.21. The highest BCUT2D eigenvalue weighted by Gasteiger charge is 2.32. The minimum absolute atomic E-state index is 0.149. The summed E-state index contributed by atoms with van der Waals surface area (Å²) in [5.74, 6) is 1.60. The van der Waals surface area contributed by atoms with Crippen LogP contribution in [-0.4, -0.2) is 38.3 Å². The van der Waals surface area contributed by atoms with Crippen molar-refractivity contribution >= 4 is 0 Å². The van der Waals surface area contributed by atoms with Crippen LogP contribution in [0.5, 0.6) is 11.5 Å². The van der Waals surface area contributed by atoms with Crippen molar-refractivity contribution in [1.82, 2.24) is 4.90 Å². The quantitative estimate of drug-likeness (QED) is 0.899. The van der Waals surface area contributed by atoms with Crippen LogP contribution in [0, 0.1) is 0 Å². The van der Waals surface area contributed by atoms with Crippen molar-refractivity contribution in [1.29, 1.82) is 0 Å². The van der Waals surface area contributed by atoms with E-state index in [1.165, 1.54) is 6.42 Å². The molecule has 1 saturated heterocycles. The lowest BCUT2D eigenvalue weighted by Gasteiger charge is -2.40. The van der Waals surface area contributed by atoms with Gasteiger partial charge in [-0.1, -0.05) is 19.1 Å². The van der Waals surface area contributed by atoms with Crippen molar-refractivity contribution in [3.63, 3.8) is 0 Å². The number of para-hydroxylation sites is 1. The molecule has 0 saturated carbocycles. The summed E-state index contributed by atoms with van der Waals surface area (Å²) in [6.07, 6.45) is 3.37. The topological polar surface area (TPSA) is 47.7 Å². The molecule has 1 heterocycles. The molecule has 2 unspecified atom stereocenters. The predicted molar refractivity (Wildman–Crippen MR) is 81.4 cm³/mol. The molecule has 1 aliphatic heterocycles. The molecule has 1 aromatic rings. The summed E-state index contributed by atoms with van der Waals surface area (Å²) in [6, 6.07) is 6.42. The highest BCUT2D eigenvalue weighted by Crippen LogP contribution is 2.40. The zero-order valence-corrected chi connectivity index (χ0v) is 12.8. The van der Waals surface area contributed by atoms with Crippen LogP contribution in [-0.2, 0) is 0 Å². The van der Waals surface area contributed by atoms with Crippen LogP contribution in [0.3, 0.4) is 0 Å². The number of hydrogen-bond acceptors (Lipinski definition) is 4. The first kappa shape index (κ1) is 15.1. The molecular formula is C16H26N2O2. The molecule has 2 atom stereocenters. The minimum Gasteiger partial charge on any atom is -0.493 e. The molecule has 0 bridgehead atoms. The lowest BCUT2D eigenvalue weighted by atomic mass is 9.90. The van der Waals surface area contributed by atoms with Gasteiger partial charge in [0.05, 0.1) is 20.3 Å². The van der Waals surface area contributed by atoms with Gasteiger partial charge in [0.2, 0.25) is 0 Å². The third-order valence-corrected chi connectivity index (χ3v) is 4.04. The second-order valence-electron chi connectivity index (χ2n) is 5.37. The maximum Gasteiger partial charge on any atom is 0.165 e. The van der Waals surface area contributed by atoms with Gasteiger partial charge < -0.3 is 15.2 Å². The van der Waals surface area contributed by atoms with E-state index in [9.17, 15) is 0 Å². The Kier molecular flexibility index (Phi) is 5.26. The van der Waals surface area contributed by atoms with Gasteiger partial charge >= 0.3 is 0 Å². The van der Waals surface area contributed by atoms with E-state index in [0.29, 0.717) is 0 Å². The van der Waals surface area contributed by atoms with Gasteiger partial charge in [-0.05, 0) is 38.4 Å². The summed E-state index contributed by atoms with van der Waals surface area (Å²) in [4.78, 5) is 2.48. The van der Waals surface area contributed by atoms with Crippen molar-refractivity contribution in [3.8, 4) is 11.5 Å². The molecular weight excluding hydrogens is 252 g/mol. The van der Waals surface area contributed by atoms with Gasteiger partial charge in [-0.15, -0.1) is 0 Å². The Morgan fingerprint density at radius 3 is 2.75 bits per heavy atom. The second kappa shape index (κ2) is 6.95. The largest absolute Gasteiger partial charge is 0.493 e. The van der Waals surface area contributed by atoms with E-state index in [1.807, 2.05) is 12.1 Å². The molecule has 0 spiro atoms. The number of nitrogens with zero attached hydrogens (tertiary/aromatic N) is 1. The first-order valence-electron chi connectivity index (χ1n) is 7.43. The molecule has 0 radical (unpaired) electrons. The van der Waals surface area contributed by atoms with Crippen LogP contribution < -0.4 is 15.2 Å². The van der Waals surface area contributed by atoms with Gasteiger partial charge in [0.25, 0.3) is 0 Å². The number of nitrogens with two attached hydrogens (primary N) is 1. The van der Waals surface area contributed by atoms with Gasteiger partial charge in [-0.25, -0.2) is 0 Å². The summed E-state index contributed by atoms with van der Waals surface area (Å²) < 4.78 is 11.0. The Balaban J connectivity index is 2.40. The molecule has 4 nitrogen and oxygen atoms in total. The minimum atomic E-state index is 0.149. The maximum absolute atomic E-state index is 6.41. The molecule has 2 rings (SSSR count). The van der Waals surface area contributed by atoms with Gasteiger partial charge in [0.15, 0.2) is 11.5 Å². The molecule has 2 N–H and O–H groups in total. The summed E-state index contributed by atoms with van der Waals surface area (Å²) in [5.41, 5.74) is 7.55. The smallest absolute Gasteiger partial charge is 0.165 e. The molecule has 4 heteroatoms. The highest BCUT2D eigenvalue weighted by atomic mass is 16.5. The van der Waals surface area contributed by atoms with E-state index in [4.69, 9.17) is 15.2 Å². The number of hydrogen-bond donors (Lipinski definition) is 1. The van der Waals surface area contributed by atoms with Gasteiger partial charge in [-0.2, -0.15) is 0 Å². The van der Waals surface area contributed by atoms with Gasteiger partial charge in [-0.3, -0.25) is 4.90 Å². The van der Waals surface area contributed by atoms with E-state index >= 15 is 0 Å². The molecule has 0 amide bonds. The summed E-state index contributed by atoms with van der Waals surface area (Å²) >= 11 is 0. The van der Waals surface area contributed by atoms with E-state index in [-0.39, 0.29) is 12.1 Å². The van der Waals surface area contributed by atoms with Crippen LogP contribution in [0.1, 0.15) is 37.8 Å². The lowest BCUT2D eigenvalue weighted by molar-refractivity contribution is 0.126. The number of methoxy groups -OCH3 is 2. The van der Waals surface area contributed by atoms with Crippen LogP contribution in [0.4, 0.5) is 0 Å². The monoisotopic (exact) mass is 278 g/mol. The third-order valence-electron chi connectivity index (χ3n) is 4.04. The zero-order chi connectivity index (χ0) is 14.5. The molecule has 1 aromatic carbocycles. The number of ether oxygens (including phenoxy) is 2.